The summed E-state index contributed by atoms with van der Waals surface area (Å²) in [6.45, 7) is 4.77. The monoisotopic (exact) mass is 316 g/mol. The SMILES string of the molecule is COc1ccc(OCCCN2CCC[C@@H]2c2n[nH]c(C)n2)cc1. The van der Waals surface area contributed by atoms with Crippen molar-refractivity contribution in [1.29, 1.82) is 0 Å². The number of nitrogens with zero attached hydrogens (tertiary/aromatic N) is 3. The fourth-order valence-corrected chi connectivity index (χ4v) is 3.02. The van der Waals surface area contributed by atoms with Gasteiger partial charge in [0, 0.05) is 6.54 Å². The zero-order valence-electron chi connectivity index (χ0n) is 13.8. The molecule has 0 aliphatic carbocycles. The highest BCUT2D eigenvalue weighted by Crippen LogP contribution is 2.29. The molecule has 6 heteroatoms. The molecule has 1 atom stereocenters. The molecule has 1 saturated heterocycles. The van der Waals surface area contributed by atoms with Crippen LogP contribution in [0.1, 0.15) is 37.0 Å². The molecule has 3 rings (SSSR count). The molecule has 1 aromatic carbocycles. The predicted octanol–water partition coefficient (Wildman–Crippen LogP) is 2.73. The zero-order chi connectivity index (χ0) is 16.1. The van der Waals surface area contributed by atoms with Gasteiger partial charge < -0.3 is 9.47 Å². The minimum Gasteiger partial charge on any atom is -0.497 e. The van der Waals surface area contributed by atoms with Crippen LogP contribution in [-0.4, -0.2) is 46.9 Å². The van der Waals surface area contributed by atoms with Gasteiger partial charge in [-0.15, -0.1) is 0 Å². The van der Waals surface area contributed by atoms with Crippen molar-refractivity contribution in [3.63, 3.8) is 0 Å². The number of methoxy groups -OCH3 is 1. The molecule has 0 saturated carbocycles. The summed E-state index contributed by atoms with van der Waals surface area (Å²) >= 11 is 0. The molecule has 6 nitrogen and oxygen atoms in total. The molecule has 1 fully saturated rings. The first-order chi connectivity index (χ1) is 11.3. The van der Waals surface area contributed by atoms with E-state index < -0.39 is 0 Å². The van der Waals surface area contributed by atoms with E-state index >= 15 is 0 Å². The molecule has 0 unspecified atom stereocenters. The molecule has 124 valence electrons. The Balaban J connectivity index is 1.44. The Labute approximate surface area is 136 Å². The molecule has 2 aromatic rings. The van der Waals surface area contributed by atoms with Gasteiger partial charge >= 0.3 is 0 Å². The third-order valence-electron chi connectivity index (χ3n) is 4.19. The highest BCUT2D eigenvalue weighted by Gasteiger charge is 2.28. The summed E-state index contributed by atoms with van der Waals surface area (Å²) in [5.41, 5.74) is 0. The summed E-state index contributed by atoms with van der Waals surface area (Å²) in [5.74, 6) is 3.54. The van der Waals surface area contributed by atoms with Crippen molar-refractivity contribution < 1.29 is 9.47 Å². The van der Waals surface area contributed by atoms with Gasteiger partial charge in [-0.2, -0.15) is 5.10 Å². The smallest absolute Gasteiger partial charge is 0.167 e. The number of H-pyrrole nitrogens is 1. The number of nitrogens with one attached hydrogen (secondary N) is 1. The fraction of sp³-hybridized carbons (Fsp3) is 0.529. The number of hydrogen-bond donors (Lipinski definition) is 1. The lowest BCUT2D eigenvalue weighted by molar-refractivity contribution is 0.217. The molecule has 0 bridgehead atoms. The molecule has 2 heterocycles. The number of hydrogen-bond acceptors (Lipinski definition) is 5. The highest BCUT2D eigenvalue weighted by atomic mass is 16.5. The second-order valence-corrected chi connectivity index (χ2v) is 5.85. The lowest BCUT2D eigenvalue weighted by Crippen LogP contribution is -2.26. The number of likely N-dealkylation sites (tertiary alicyclic amines) is 1. The maximum atomic E-state index is 5.79. The summed E-state index contributed by atoms with van der Waals surface area (Å²) in [5, 5.41) is 7.26. The quantitative estimate of drug-likeness (QED) is 0.796. The lowest BCUT2D eigenvalue weighted by Gasteiger charge is -2.22. The molecule has 1 N–H and O–H groups in total. The van der Waals surface area contributed by atoms with Gasteiger partial charge in [-0.05, 0) is 57.0 Å². The van der Waals surface area contributed by atoms with Crippen LogP contribution in [0.15, 0.2) is 24.3 Å². The van der Waals surface area contributed by atoms with Crippen molar-refractivity contribution in [2.75, 3.05) is 26.8 Å². The van der Waals surface area contributed by atoms with Crippen LogP contribution in [0.4, 0.5) is 0 Å². The van der Waals surface area contributed by atoms with E-state index in [1.165, 1.54) is 6.42 Å². The van der Waals surface area contributed by atoms with E-state index in [0.717, 1.165) is 49.1 Å². The van der Waals surface area contributed by atoms with Gasteiger partial charge in [-0.1, -0.05) is 0 Å². The third-order valence-corrected chi connectivity index (χ3v) is 4.19. The van der Waals surface area contributed by atoms with Gasteiger partial charge in [0.05, 0.1) is 19.8 Å². The summed E-state index contributed by atoms with van der Waals surface area (Å²) < 4.78 is 10.9. The largest absolute Gasteiger partial charge is 0.497 e. The molecular formula is C17H24N4O2. The van der Waals surface area contributed by atoms with Gasteiger partial charge in [0.1, 0.15) is 17.3 Å². The maximum Gasteiger partial charge on any atom is 0.167 e. The van der Waals surface area contributed by atoms with Crippen LogP contribution in [0.25, 0.3) is 0 Å². The molecule has 0 radical (unpaired) electrons. The van der Waals surface area contributed by atoms with Crippen molar-refractivity contribution in [3.05, 3.63) is 35.9 Å². The van der Waals surface area contributed by atoms with Crippen molar-refractivity contribution in [1.82, 2.24) is 20.1 Å². The number of rotatable bonds is 7. The molecule has 1 aliphatic heterocycles. The van der Waals surface area contributed by atoms with Crippen LogP contribution < -0.4 is 9.47 Å². The Morgan fingerprint density at radius 3 is 2.74 bits per heavy atom. The van der Waals surface area contributed by atoms with Crippen molar-refractivity contribution >= 4 is 0 Å². The van der Waals surface area contributed by atoms with E-state index in [0.29, 0.717) is 12.6 Å². The average molecular weight is 316 g/mol. The van der Waals surface area contributed by atoms with Crippen molar-refractivity contribution in [2.45, 2.75) is 32.2 Å². The van der Waals surface area contributed by atoms with Crippen LogP contribution in [0.5, 0.6) is 11.5 Å². The van der Waals surface area contributed by atoms with Gasteiger partial charge in [-0.3, -0.25) is 10.00 Å². The standard InChI is InChI=1S/C17H24N4O2/c1-13-18-17(20-19-13)16-5-3-10-21(16)11-4-12-23-15-8-6-14(22-2)7-9-15/h6-9,16H,3-5,10-12H2,1-2H3,(H,18,19,20)/t16-/m1/s1. The second kappa shape index (κ2) is 7.46. The van der Waals surface area contributed by atoms with Crippen LogP contribution in [0.3, 0.4) is 0 Å². The Morgan fingerprint density at radius 1 is 1.26 bits per heavy atom. The first-order valence-electron chi connectivity index (χ1n) is 8.16. The van der Waals surface area contributed by atoms with E-state index in [2.05, 4.69) is 20.1 Å². The number of aromatic nitrogens is 3. The van der Waals surface area contributed by atoms with Crippen LogP contribution in [0, 0.1) is 6.92 Å². The first-order valence-corrected chi connectivity index (χ1v) is 8.16. The van der Waals surface area contributed by atoms with E-state index in [9.17, 15) is 0 Å². The highest BCUT2D eigenvalue weighted by molar-refractivity contribution is 5.31. The Kier molecular flexibility index (Phi) is 5.12. The van der Waals surface area contributed by atoms with Crippen LogP contribution in [-0.2, 0) is 0 Å². The normalized spacial score (nSPS) is 18.3. The predicted molar refractivity (Wildman–Crippen MR) is 87.8 cm³/mol. The van der Waals surface area contributed by atoms with E-state index in [1.54, 1.807) is 7.11 Å². The minimum absolute atomic E-state index is 0.348. The van der Waals surface area contributed by atoms with Gasteiger partial charge in [-0.25, -0.2) is 4.98 Å². The van der Waals surface area contributed by atoms with E-state index in [-0.39, 0.29) is 0 Å². The summed E-state index contributed by atoms with van der Waals surface area (Å²) in [7, 11) is 1.66. The molecule has 0 amide bonds. The maximum absolute atomic E-state index is 5.79. The first kappa shape index (κ1) is 15.8. The molecular weight excluding hydrogens is 292 g/mol. The Bertz CT molecular complexity index is 611. The number of aromatic amines is 1. The summed E-state index contributed by atoms with van der Waals surface area (Å²) in [6, 6.07) is 8.05. The number of ether oxygens (including phenoxy) is 2. The van der Waals surface area contributed by atoms with E-state index in [1.807, 2.05) is 31.2 Å². The fourth-order valence-electron chi connectivity index (χ4n) is 3.02. The molecule has 1 aliphatic rings. The topological polar surface area (TPSA) is 63.3 Å². The number of aryl methyl sites for hydroxylation is 1. The van der Waals surface area contributed by atoms with Crippen molar-refractivity contribution in [3.8, 4) is 11.5 Å². The van der Waals surface area contributed by atoms with Crippen LogP contribution in [0.2, 0.25) is 0 Å². The molecule has 23 heavy (non-hydrogen) atoms. The minimum atomic E-state index is 0.348. The van der Waals surface area contributed by atoms with Gasteiger partial charge in [0.25, 0.3) is 0 Å². The van der Waals surface area contributed by atoms with Crippen molar-refractivity contribution in [2.24, 2.45) is 0 Å². The van der Waals surface area contributed by atoms with Crippen LogP contribution >= 0.6 is 0 Å². The van der Waals surface area contributed by atoms with E-state index in [4.69, 9.17) is 9.47 Å². The lowest BCUT2D eigenvalue weighted by atomic mass is 10.2. The van der Waals surface area contributed by atoms with Gasteiger partial charge in [0.15, 0.2) is 5.82 Å². The molecule has 1 aromatic heterocycles. The second-order valence-electron chi connectivity index (χ2n) is 5.85. The average Bonchev–Trinajstić information content (AvgIpc) is 3.20. The summed E-state index contributed by atoms with van der Waals surface area (Å²) in [6.07, 6.45) is 3.33. The zero-order valence-corrected chi connectivity index (χ0v) is 13.8. The summed E-state index contributed by atoms with van der Waals surface area (Å²) in [4.78, 5) is 6.94. The van der Waals surface area contributed by atoms with Gasteiger partial charge in [0.2, 0.25) is 0 Å². The Hall–Kier alpha value is -2.08. The third kappa shape index (κ3) is 4.01. The Morgan fingerprint density at radius 2 is 2.04 bits per heavy atom. The number of benzene rings is 1. The molecule has 0 spiro atoms.